The molecule has 1 unspecified atom stereocenters. The first-order valence-electron chi connectivity index (χ1n) is 8.41. The highest BCUT2D eigenvalue weighted by Crippen LogP contribution is 2.38. The Balaban J connectivity index is 1.78. The zero-order valence-corrected chi connectivity index (χ0v) is 16.0. The van der Waals surface area contributed by atoms with E-state index in [0.717, 1.165) is 22.0 Å². The van der Waals surface area contributed by atoms with E-state index >= 15 is 0 Å². The molecule has 1 aliphatic heterocycles. The van der Waals surface area contributed by atoms with Crippen molar-refractivity contribution < 1.29 is 9.53 Å². The molecule has 4 heteroatoms. The van der Waals surface area contributed by atoms with Gasteiger partial charge in [0.2, 0.25) is 0 Å². The Hall–Kier alpha value is -2.07. The van der Waals surface area contributed by atoms with E-state index in [-0.39, 0.29) is 6.09 Å². The first kappa shape index (κ1) is 17.7. The van der Waals surface area contributed by atoms with Crippen molar-refractivity contribution in [3.05, 3.63) is 82.3 Å². The number of hydrogen-bond donors (Lipinski definition) is 0. The van der Waals surface area contributed by atoms with Crippen LogP contribution in [0.4, 0.5) is 4.79 Å². The number of hydrogen-bond acceptors (Lipinski definition) is 2. The zero-order valence-electron chi connectivity index (χ0n) is 14.4. The van der Waals surface area contributed by atoms with Gasteiger partial charge in [-0.15, -0.1) is 0 Å². The number of amides is 1. The molecule has 2 aromatic rings. The molecular weight excluding hydrogens is 378 g/mol. The van der Waals surface area contributed by atoms with Crippen molar-refractivity contribution in [1.82, 2.24) is 4.90 Å². The average Bonchev–Trinajstić information content (AvgIpc) is 2.91. The number of nitrogens with zero attached hydrogens (tertiary/aromatic N) is 1. The minimum Gasteiger partial charge on any atom is -0.436 e. The summed E-state index contributed by atoms with van der Waals surface area (Å²) in [5.74, 6) is 0. The first-order valence-corrected chi connectivity index (χ1v) is 9.21. The first-order chi connectivity index (χ1) is 12.0. The Labute approximate surface area is 157 Å². The molecule has 0 aromatic heterocycles. The topological polar surface area (TPSA) is 29.5 Å². The van der Waals surface area contributed by atoms with Gasteiger partial charge < -0.3 is 9.64 Å². The summed E-state index contributed by atoms with van der Waals surface area (Å²) in [7, 11) is 0. The molecule has 0 bridgehead atoms. The Morgan fingerprint density at radius 1 is 1.20 bits per heavy atom. The van der Waals surface area contributed by atoms with Crippen molar-refractivity contribution in [3.63, 3.8) is 0 Å². The molecule has 0 radical (unpaired) electrons. The minimum absolute atomic E-state index is 0.253. The summed E-state index contributed by atoms with van der Waals surface area (Å²) in [6.07, 6.45) is 1.17. The minimum atomic E-state index is -0.641. The van der Waals surface area contributed by atoms with Gasteiger partial charge in [-0.2, -0.15) is 0 Å². The number of cyclic esters (lactones) is 1. The number of halogens is 1. The average molecular weight is 400 g/mol. The molecule has 1 fully saturated rings. The predicted molar refractivity (Wildman–Crippen MR) is 103 cm³/mol. The van der Waals surface area contributed by atoms with E-state index in [9.17, 15) is 4.79 Å². The normalized spacial score (nSPS) is 19.8. The molecular formula is C21H22BrNO2. The number of ether oxygens (including phenoxy) is 1. The van der Waals surface area contributed by atoms with Crippen molar-refractivity contribution in [1.29, 1.82) is 0 Å². The van der Waals surface area contributed by atoms with Crippen molar-refractivity contribution >= 4 is 22.0 Å². The van der Waals surface area contributed by atoms with Crippen molar-refractivity contribution in [2.45, 2.75) is 25.4 Å². The third kappa shape index (κ3) is 3.96. The van der Waals surface area contributed by atoms with Gasteiger partial charge in [-0.05, 0) is 30.5 Å². The lowest BCUT2D eigenvalue weighted by Crippen LogP contribution is -2.33. The van der Waals surface area contributed by atoms with Crippen molar-refractivity contribution in [2.24, 2.45) is 0 Å². The number of rotatable bonds is 6. The quantitative estimate of drug-likeness (QED) is 0.616. The zero-order chi connectivity index (χ0) is 17.9. The van der Waals surface area contributed by atoms with E-state index in [1.165, 1.54) is 5.56 Å². The van der Waals surface area contributed by atoms with E-state index in [1.54, 1.807) is 4.90 Å². The van der Waals surface area contributed by atoms with Crippen LogP contribution in [0.5, 0.6) is 0 Å². The van der Waals surface area contributed by atoms with Crippen LogP contribution in [0, 0.1) is 0 Å². The monoisotopic (exact) mass is 399 g/mol. The second-order valence-corrected chi connectivity index (χ2v) is 7.48. The van der Waals surface area contributed by atoms with E-state index in [2.05, 4.69) is 28.6 Å². The second-order valence-electron chi connectivity index (χ2n) is 6.63. The van der Waals surface area contributed by atoms with Crippen molar-refractivity contribution in [3.8, 4) is 0 Å². The van der Waals surface area contributed by atoms with Gasteiger partial charge >= 0.3 is 6.09 Å². The molecule has 0 aliphatic carbocycles. The summed E-state index contributed by atoms with van der Waals surface area (Å²) < 4.78 is 6.96. The maximum atomic E-state index is 12.5. The molecule has 130 valence electrons. The summed E-state index contributed by atoms with van der Waals surface area (Å²) in [6.45, 7) is 7.18. The molecule has 2 aromatic carbocycles. The van der Waals surface area contributed by atoms with Crippen LogP contribution in [-0.2, 0) is 16.8 Å². The fourth-order valence-corrected chi connectivity index (χ4v) is 3.82. The van der Waals surface area contributed by atoms with Gasteiger partial charge in [0.25, 0.3) is 0 Å². The SMILES string of the molecule is C=C(C)CC1(c2ccccc2)CN(CCc2ccccc2Br)C(=O)O1. The van der Waals surface area contributed by atoms with Crippen molar-refractivity contribution in [2.75, 3.05) is 13.1 Å². The highest BCUT2D eigenvalue weighted by atomic mass is 79.9. The maximum absolute atomic E-state index is 12.5. The van der Waals surface area contributed by atoms with Gasteiger partial charge in [0.05, 0.1) is 6.54 Å². The van der Waals surface area contributed by atoms with Crippen LogP contribution < -0.4 is 0 Å². The summed E-state index contributed by atoms with van der Waals surface area (Å²) in [5.41, 5.74) is 2.57. The Kier molecular flexibility index (Phi) is 5.28. The summed E-state index contributed by atoms with van der Waals surface area (Å²) >= 11 is 3.57. The third-order valence-electron chi connectivity index (χ3n) is 4.48. The second kappa shape index (κ2) is 7.44. The molecule has 1 amide bonds. The Morgan fingerprint density at radius 3 is 2.56 bits per heavy atom. The molecule has 1 aliphatic rings. The molecule has 1 saturated heterocycles. The fourth-order valence-electron chi connectivity index (χ4n) is 3.34. The molecule has 0 spiro atoms. The standard InChI is InChI=1S/C21H22BrNO2/c1-16(2)14-21(18-9-4-3-5-10-18)15-23(20(24)25-21)13-12-17-8-6-7-11-19(17)22/h3-11H,1,12-15H2,2H3. The van der Waals surface area contributed by atoms with Crippen LogP contribution in [-0.4, -0.2) is 24.1 Å². The van der Waals surface area contributed by atoms with Crippen LogP contribution >= 0.6 is 15.9 Å². The molecule has 25 heavy (non-hydrogen) atoms. The predicted octanol–water partition coefficient (Wildman–Crippen LogP) is 5.31. The molecule has 0 N–H and O–H groups in total. The highest BCUT2D eigenvalue weighted by molar-refractivity contribution is 9.10. The molecule has 0 saturated carbocycles. The smallest absolute Gasteiger partial charge is 0.410 e. The van der Waals surface area contributed by atoms with Gasteiger partial charge in [0, 0.05) is 17.4 Å². The maximum Gasteiger partial charge on any atom is 0.410 e. The van der Waals surface area contributed by atoms with E-state index < -0.39 is 5.60 Å². The van der Waals surface area contributed by atoms with Gasteiger partial charge in [-0.3, -0.25) is 0 Å². The number of carbonyl (C=O) groups is 1. The Morgan fingerprint density at radius 2 is 1.88 bits per heavy atom. The van der Waals surface area contributed by atoms with Gasteiger partial charge in [-0.25, -0.2) is 4.79 Å². The van der Waals surface area contributed by atoms with Crippen LogP contribution in [0.15, 0.2) is 71.2 Å². The lowest BCUT2D eigenvalue weighted by atomic mass is 9.87. The van der Waals surface area contributed by atoms with Crippen LogP contribution in [0.1, 0.15) is 24.5 Å². The molecule has 1 heterocycles. The molecule has 3 rings (SSSR count). The van der Waals surface area contributed by atoms with Gasteiger partial charge in [-0.1, -0.05) is 76.6 Å². The fraction of sp³-hybridized carbons (Fsp3) is 0.286. The highest BCUT2D eigenvalue weighted by Gasteiger charge is 2.46. The van der Waals surface area contributed by atoms with Gasteiger partial charge in [0.1, 0.15) is 0 Å². The van der Waals surface area contributed by atoms with Crippen LogP contribution in [0.2, 0.25) is 0 Å². The van der Waals surface area contributed by atoms with Crippen LogP contribution in [0.25, 0.3) is 0 Å². The number of carbonyl (C=O) groups excluding carboxylic acids is 1. The summed E-state index contributed by atoms with van der Waals surface area (Å²) in [5, 5.41) is 0. The molecule has 1 atom stereocenters. The summed E-state index contributed by atoms with van der Waals surface area (Å²) in [6, 6.07) is 18.1. The van der Waals surface area contributed by atoms with E-state index in [0.29, 0.717) is 19.5 Å². The lowest BCUT2D eigenvalue weighted by molar-refractivity contribution is 0.0547. The lowest BCUT2D eigenvalue weighted by Gasteiger charge is -2.27. The van der Waals surface area contributed by atoms with E-state index in [1.807, 2.05) is 55.5 Å². The van der Waals surface area contributed by atoms with E-state index in [4.69, 9.17) is 4.74 Å². The number of benzene rings is 2. The molecule has 3 nitrogen and oxygen atoms in total. The van der Waals surface area contributed by atoms with Gasteiger partial charge in [0.15, 0.2) is 5.60 Å². The largest absolute Gasteiger partial charge is 0.436 e. The summed E-state index contributed by atoms with van der Waals surface area (Å²) in [4.78, 5) is 14.3. The van der Waals surface area contributed by atoms with Crippen LogP contribution in [0.3, 0.4) is 0 Å². The third-order valence-corrected chi connectivity index (χ3v) is 5.26. The Bertz CT molecular complexity index is 774.